The van der Waals surface area contributed by atoms with Crippen molar-refractivity contribution < 1.29 is 18.1 Å². The third-order valence-electron chi connectivity index (χ3n) is 3.36. The molecule has 0 aliphatic carbocycles. The number of non-ortho nitro benzene ring substituents is 1. The average Bonchev–Trinajstić information content (AvgIpc) is 2.55. The summed E-state index contributed by atoms with van der Waals surface area (Å²) >= 11 is 0. The summed E-state index contributed by atoms with van der Waals surface area (Å²) in [4.78, 5) is 22.3. The van der Waals surface area contributed by atoms with E-state index in [4.69, 9.17) is 0 Å². The van der Waals surface area contributed by atoms with Gasteiger partial charge in [0.15, 0.2) is 9.84 Å². The summed E-state index contributed by atoms with van der Waals surface area (Å²) in [7, 11) is -3.32. The van der Waals surface area contributed by atoms with E-state index in [-0.39, 0.29) is 28.7 Å². The van der Waals surface area contributed by atoms with Crippen molar-refractivity contribution >= 4 is 27.1 Å². The number of nitro benzene ring substituents is 1. The molecule has 0 aliphatic heterocycles. The Labute approximate surface area is 139 Å². The zero-order valence-corrected chi connectivity index (χ0v) is 13.7. The summed E-state index contributed by atoms with van der Waals surface area (Å²) in [6, 6.07) is 11.7. The fraction of sp³-hybridized carbons (Fsp3) is 0.188. The summed E-state index contributed by atoms with van der Waals surface area (Å²) in [6.45, 7) is 1.56. The number of benzene rings is 2. The van der Waals surface area contributed by atoms with Gasteiger partial charge in [-0.3, -0.25) is 14.9 Å². The number of hydrogen-bond acceptors (Lipinski definition) is 5. The van der Waals surface area contributed by atoms with Crippen LogP contribution in [0.15, 0.2) is 53.4 Å². The Bertz CT molecular complexity index is 860. The van der Waals surface area contributed by atoms with Crippen LogP contribution < -0.4 is 5.32 Å². The minimum Gasteiger partial charge on any atom is -0.326 e. The van der Waals surface area contributed by atoms with Crippen LogP contribution in [0.5, 0.6) is 0 Å². The van der Waals surface area contributed by atoms with Gasteiger partial charge in [-0.1, -0.05) is 19.1 Å². The molecule has 0 aromatic heterocycles. The predicted octanol–water partition coefficient (Wildman–Crippen LogP) is 2.57. The first kappa shape index (κ1) is 17.6. The van der Waals surface area contributed by atoms with Crippen LogP contribution in [-0.4, -0.2) is 25.0 Å². The maximum absolute atomic E-state index is 12.0. The molecule has 0 radical (unpaired) electrons. The van der Waals surface area contributed by atoms with E-state index in [1.165, 1.54) is 36.4 Å². The molecule has 2 aromatic carbocycles. The van der Waals surface area contributed by atoms with E-state index >= 15 is 0 Å². The van der Waals surface area contributed by atoms with Gasteiger partial charge in [-0.25, -0.2) is 8.42 Å². The summed E-state index contributed by atoms with van der Waals surface area (Å²) in [5.41, 5.74) is 0.942. The zero-order valence-electron chi connectivity index (χ0n) is 12.9. The van der Waals surface area contributed by atoms with E-state index < -0.39 is 14.8 Å². The highest BCUT2D eigenvalue weighted by Gasteiger charge is 2.13. The highest BCUT2D eigenvalue weighted by atomic mass is 32.2. The lowest BCUT2D eigenvalue weighted by atomic mass is 10.1. The summed E-state index contributed by atoms with van der Waals surface area (Å²) < 4.78 is 23.7. The Morgan fingerprint density at radius 3 is 2.42 bits per heavy atom. The van der Waals surface area contributed by atoms with Crippen LogP contribution in [-0.2, 0) is 21.1 Å². The molecule has 126 valence electrons. The van der Waals surface area contributed by atoms with Crippen molar-refractivity contribution in [1.82, 2.24) is 0 Å². The molecule has 0 saturated heterocycles. The predicted molar refractivity (Wildman–Crippen MR) is 89.6 cm³/mol. The van der Waals surface area contributed by atoms with Gasteiger partial charge in [-0.05, 0) is 29.8 Å². The molecule has 0 aliphatic rings. The molecule has 2 rings (SSSR count). The first-order valence-electron chi connectivity index (χ1n) is 7.18. The second-order valence-electron chi connectivity index (χ2n) is 5.08. The molecule has 0 unspecified atom stereocenters. The van der Waals surface area contributed by atoms with Gasteiger partial charge in [0.05, 0.1) is 22.0 Å². The lowest BCUT2D eigenvalue weighted by Crippen LogP contribution is -2.14. The maximum atomic E-state index is 12.0. The Morgan fingerprint density at radius 2 is 1.83 bits per heavy atom. The molecule has 0 bridgehead atoms. The SMILES string of the molecule is CCS(=O)(=O)c1cccc(CC(=O)Nc2ccc([N+](=O)[O-])cc2)c1. The molecule has 0 fully saturated rings. The number of sulfone groups is 1. The van der Waals surface area contributed by atoms with E-state index in [9.17, 15) is 23.3 Å². The molecule has 24 heavy (non-hydrogen) atoms. The number of carbonyl (C=O) groups excluding carboxylic acids is 1. The molecule has 2 aromatic rings. The van der Waals surface area contributed by atoms with E-state index in [2.05, 4.69) is 5.32 Å². The van der Waals surface area contributed by atoms with Crippen molar-refractivity contribution in [3.63, 3.8) is 0 Å². The molecule has 0 heterocycles. The van der Waals surface area contributed by atoms with Crippen LogP contribution in [0.1, 0.15) is 12.5 Å². The van der Waals surface area contributed by atoms with Crippen molar-refractivity contribution in [2.75, 3.05) is 11.1 Å². The van der Waals surface area contributed by atoms with E-state index in [1.54, 1.807) is 19.1 Å². The van der Waals surface area contributed by atoms with Crippen LogP contribution in [0, 0.1) is 10.1 Å². The number of rotatable bonds is 6. The molecule has 0 saturated carbocycles. The van der Waals surface area contributed by atoms with Crippen LogP contribution in [0.2, 0.25) is 0 Å². The van der Waals surface area contributed by atoms with Gasteiger partial charge in [0.25, 0.3) is 5.69 Å². The zero-order chi connectivity index (χ0) is 17.7. The second kappa shape index (κ2) is 7.22. The van der Waals surface area contributed by atoms with E-state index in [0.29, 0.717) is 11.3 Å². The molecular formula is C16H16N2O5S. The molecule has 8 heteroatoms. The first-order chi connectivity index (χ1) is 11.3. The number of nitrogens with one attached hydrogen (secondary N) is 1. The monoisotopic (exact) mass is 348 g/mol. The lowest BCUT2D eigenvalue weighted by Gasteiger charge is -2.07. The number of nitrogens with zero attached hydrogens (tertiary/aromatic N) is 1. The number of carbonyl (C=O) groups is 1. The molecule has 1 amide bonds. The second-order valence-corrected chi connectivity index (χ2v) is 7.36. The van der Waals surface area contributed by atoms with Gasteiger partial charge in [0, 0.05) is 17.8 Å². The molecule has 0 atom stereocenters. The number of nitro groups is 1. The fourth-order valence-corrected chi connectivity index (χ4v) is 3.02. The van der Waals surface area contributed by atoms with Gasteiger partial charge in [-0.15, -0.1) is 0 Å². The lowest BCUT2D eigenvalue weighted by molar-refractivity contribution is -0.384. The third kappa shape index (κ3) is 4.39. The van der Waals surface area contributed by atoms with Crippen molar-refractivity contribution in [3.05, 3.63) is 64.2 Å². The topological polar surface area (TPSA) is 106 Å². The van der Waals surface area contributed by atoms with E-state index in [1.807, 2.05) is 0 Å². The van der Waals surface area contributed by atoms with Gasteiger partial charge in [0.1, 0.15) is 0 Å². The summed E-state index contributed by atoms with van der Waals surface area (Å²) in [5, 5.41) is 13.2. The smallest absolute Gasteiger partial charge is 0.269 e. The van der Waals surface area contributed by atoms with Crippen LogP contribution in [0.4, 0.5) is 11.4 Å². The standard InChI is InChI=1S/C16H16N2O5S/c1-2-24(22,23)15-5-3-4-12(10-15)11-16(19)17-13-6-8-14(9-7-13)18(20)21/h3-10H,2,11H2,1H3,(H,17,19). The number of hydrogen-bond donors (Lipinski definition) is 1. The average molecular weight is 348 g/mol. The van der Waals surface area contributed by atoms with E-state index in [0.717, 1.165) is 0 Å². The van der Waals surface area contributed by atoms with Gasteiger partial charge >= 0.3 is 0 Å². The quantitative estimate of drug-likeness (QED) is 0.638. The Kier molecular flexibility index (Phi) is 5.30. The van der Waals surface area contributed by atoms with Gasteiger partial charge < -0.3 is 5.32 Å². The normalized spacial score (nSPS) is 11.0. The molecule has 1 N–H and O–H groups in total. The Balaban J connectivity index is 2.07. The van der Waals surface area contributed by atoms with Crippen molar-refractivity contribution in [3.8, 4) is 0 Å². The number of amides is 1. The van der Waals surface area contributed by atoms with Crippen molar-refractivity contribution in [2.24, 2.45) is 0 Å². The first-order valence-corrected chi connectivity index (χ1v) is 8.83. The Hall–Kier alpha value is -2.74. The fourth-order valence-electron chi connectivity index (χ4n) is 2.07. The Morgan fingerprint density at radius 1 is 1.17 bits per heavy atom. The van der Waals surface area contributed by atoms with Crippen LogP contribution in [0.3, 0.4) is 0 Å². The van der Waals surface area contributed by atoms with Gasteiger partial charge in [0.2, 0.25) is 5.91 Å². The minimum atomic E-state index is -3.32. The summed E-state index contributed by atoms with van der Waals surface area (Å²) in [6.07, 6.45) is 0.00403. The minimum absolute atomic E-state index is 0.00403. The maximum Gasteiger partial charge on any atom is 0.269 e. The third-order valence-corrected chi connectivity index (χ3v) is 5.10. The largest absolute Gasteiger partial charge is 0.326 e. The van der Waals surface area contributed by atoms with Crippen molar-refractivity contribution in [1.29, 1.82) is 0 Å². The van der Waals surface area contributed by atoms with Gasteiger partial charge in [-0.2, -0.15) is 0 Å². The van der Waals surface area contributed by atoms with Crippen LogP contribution in [0.25, 0.3) is 0 Å². The molecular weight excluding hydrogens is 332 g/mol. The highest BCUT2D eigenvalue weighted by molar-refractivity contribution is 7.91. The number of anilines is 1. The highest BCUT2D eigenvalue weighted by Crippen LogP contribution is 2.17. The molecule has 0 spiro atoms. The van der Waals surface area contributed by atoms with Crippen LogP contribution >= 0.6 is 0 Å². The van der Waals surface area contributed by atoms with Crippen molar-refractivity contribution in [2.45, 2.75) is 18.2 Å². The molecule has 7 nitrogen and oxygen atoms in total. The summed E-state index contributed by atoms with van der Waals surface area (Å²) in [5.74, 6) is -0.347.